The Morgan fingerprint density at radius 3 is 2.94 bits per heavy atom. The van der Waals surface area contributed by atoms with Crippen LogP contribution in [0, 0.1) is 5.92 Å². The summed E-state index contributed by atoms with van der Waals surface area (Å²) in [5, 5.41) is 4.38. The molecule has 0 fully saturated rings. The molecule has 4 heteroatoms. The zero-order chi connectivity index (χ0) is 12.3. The number of nitrogens with one attached hydrogen (secondary N) is 1. The molecule has 0 aliphatic carbocycles. The Kier molecular flexibility index (Phi) is 3.42. The highest BCUT2D eigenvalue weighted by molar-refractivity contribution is 5.90. The van der Waals surface area contributed by atoms with E-state index < -0.39 is 0 Å². The van der Waals surface area contributed by atoms with Gasteiger partial charge in [-0.2, -0.15) is 0 Å². The molecule has 0 radical (unpaired) electrons. The average Bonchev–Trinajstić information content (AvgIpc) is 2.35. The molecule has 1 aromatic heterocycles. The van der Waals surface area contributed by atoms with Gasteiger partial charge in [0.25, 0.3) is 0 Å². The summed E-state index contributed by atoms with van der Waals surface area (Å²) in [5.74, 6) is 1.52. The lowest BCUT2D eigenvalue weighted by Gasteiger charge is -2.12. The van der Waals surface area contributed by atoms with Crippen molar-refractivity contribution >= 4 is 22.4 Å². The van der Waals surface area contributed by atoms with Crippen LogP contribution in [0.25, 0.3) is 10.9 Å². The van der Waals surface area contributed by atoms with Crippen LogP contribution in [0.2, 0.25) is 0 Å². The molecule has 2 aromatic rings. The minimum absolute atomic E-state index is 0.633. The molecule has 4 nitrogen and oxygen atoms in total. The Bertz CT molecular complexity index is 510. The van der Waals surface area contributed by atoms with Crippen molar-refractivity contribution < 1.29 is 0 Å². The first-order valence-corrected chi connectivity index (χ1v) is 5.94. The van der Waals surface area contributed by atoms with Crippen LogP contribution in [0.5, 0.6) is 0 Å². The molecule has 0 saturated heterocycles. The van der Waals surface area contributed by atoms with Crippen molar-refractivity contribution in [3.05, 3.63) is 24.5 Å². The van der Waals surface area contributed by atoms with E-state index in [2.05, 4.69) is 29.1 Å². The summed E-state index contributed by atoms with van der Waals surface area (Å²) in [5.41, 5.74) is 7.34. The molecule has 0 amide bonds. The van der Waals surface area contributed by atoms with Gasteiger partial charge in [-0.25, -0.2) is 9.97 Å². The van der Waals surface area contributed by atoms with Crippen molar-refractivity contribution in [3.8, 4) is 0 Å². The van der Waals surface area contributed by atoms with Gasteiger partial charge in [0, 0.05) is 17.6 Å². The van der Waals surface area contributed by atoms with E-state index in [-0.39, 0.29) is 0 Å². The summed E-state index contributed by atoms with van der Waals surface area (Å²) < 4.78 is 0. The van der Waals surface area contributed by atoms with Gasteiger partial charge in [-0.1, -0.05) is 20.3 Å². The Hall–Kier alpha value is -1.84. The zero-order valence-electron chi connectivity index (χ0n) is 10.3. The van der Waals surface area contributed by atoms with Gasteiger partial charge >= 0.3 is 0 Å². The van der Waals surface area contributed by atoms with E-state index in [0.29, 0.717) is 5.92 Å². The predicted molar refractivity (Wildman–Crippen MR) is 71.9 cm³/mol. The van der Waals surface area contributed by atoms with Crippen molar-refractivity contribution in [2.24, 2.45) is 5.92 Å². The molecule has 3 N–H and O–H groups in total. The molecule has 90 valence electrons. The molecule has 0 aliphatic heterocycles. The number of nitrogens with two attached hydrogens (primary N) is 1. The van der Waals surface area contributed by atoms with Crippen LogP contribution in [0.1, 0.15) is 20.3 Å². The second kappa shape index (κ2) is 4.99. The van der Waals surface area contributed by atoms with Crippen LogP contribution < -0.4 is 11.1 Å². The summed E-state index contributed by atoms with van der Waals surface area (Å²) in [6.45, 7) is 5.33. The van der Waals surface area contributed by atoms with Crippen molar-refractivity contribution in [1.29, 1.82) is 0 Å². The third-order valence-electron chi connectivity index (χ3n) is 2.98. The molecule has 1 heterocycles. The van der Waals surface area contributed by atoms with E-state index in [0.717, 1.165) is 35.4 Å². The number of rotatable bonds is 4. The van der Waals surface area contributed by atoms with Crippen LogP contribution in [0.4, 0.5) is 11.5 Å². The number of benzene rings is 1. The van der Waals surface area contributed by atoms with Crippen molar-refractivity contribution in [3.63, 3.8) is 0 Å². The van der Waals surface area contributed by atoms with Gasteiger partial charge in [0.05, 0.1) is 5.52 Å². The number of hydrogen-bond acceptors (Lipinski definition) is 4. The Labute approximate surface area is 101 Å². The molecule has 1 atom stereocenters. The first kappa shape index (κ1) is 11.6. The van der Waals surface area contributed by atoms with E-state index >= 15 is 0 Å². The van der Waals surface area contributed by atoms with Crippen molar-refractivity contribution in [2.45, 2.75) is 20.3 Å². The maximum atomic E-state index is 5.74. The van der Waals surface area contributed by atoms with Gasteiger partial charge in [-0.3, -0.25) is 0 Å². The standard InChI is InChI=1S/C13H18N4/c1-3-9(2)7-15-13-11-5-4-10(14)6-12(11)16-8-17-13/h4-6,8-9H,3,7,14H2,1-2H3,(H,15,16,17). The van der Waals surface area contributed by atoms with Gasteiger partial charge in [0.1, 0.15) is 12.1 Å². The lowest BCUT2D eigenvalue weighted by Crippen LogP contribution is -2.11. The largest absolute Gasteiger partial charge is 0.399 e. The highest BCUT2D eigenvalue weighted by Gasteiger charge is 2.05. The fraction of sp³-hybridized carbons (Fsp3) is 0.385. The number of anilines is 2. The number of hydrogen-bond donors (Lipinski definition) is 2. The number of nitrogens with zero attached hydrogens (tertiary/aromatic N) is 2. The van der Waals surface area contributed by atoms with Crippen LogP contribution in [-0.2, 0) is 0 Å². The summed E-state index contributed by atoms with van der Waals surface area (Å²) >= 11 is 0. The first-order chi connectivity index (χ1) is 8.20. The molecular weight excluding hydrogens is 212 g/mol. The molecule has 0 bridgehead atoms. The number of fused-ring (bicyclic) bond motifs is 1. The van der Waals surface area contributed by atoms with Gasteiger partial charge in [0.2, 0.25) is 0 Å². The summed E-state index contributed by atoms with van der Waals surface area (Å²) in [7, 11) is 0. The third kappa shape index (κ3) is 2.64. The van der Waals surface area contributed by atoms with Crippen LogP contribution in [0.15, 0.2) is 24.5 Å². The summed E-state index contributed by atoms with van der Waals surface area (Å²) in [6.07, 6.45) is 2.73. The summed E-state index contributed by atoms with van der Waals surface area (Å²) in [4.78, 5) is 8.50. The Balaban J connectivity index is 2.28. The topological polar surface area (TPSA) is 63.8 Å². The highest BCUT2D eigenvalue weighted by Crippen LogP contribution is 2.21. The van der Waals surface area contributed by atoms with Crippen LogP contribution in [-0.4, -0.2) is 16.5 Å². The lowest BCUT2D eigenvalue weighted by molar-refractivity contribution is 0.593. The normalized spacial score (nSPS) is 12.6. The minimum Gasteiger partial charge on any atom is -0.399 e. The predicted octanol–water partition coefficient (Wildman–Crippen LogP) is 2.67. The molecule has 0 saturated carbocycles. The summed E-state index contributed by atoms with van der Waals surface area (Å²) in [6, 6.07) is 5.70. The maximum Gasteiger partial charge on any atom is 0.137 e. The fourth-order valence-corrected chi connectivity index (χ4v) is 1.63. The SMILES string of the molecule is CCC(C)CNc1ncnc2cc(N)ccc12. The third-order valence-corrected chi connectivity index (χ3v) is 2.98. The Morgan fingerprint density at radius 2 is 2.18 bits per heavy atom. The molecule has 0 aliphatic rings. The average molecular weight is 230 g/mol. The van der Waals surface area contributed by atoms with Crippen LogP contribution in [0.3, 0.4) is 0 Å². The van der Waals surface area contributed by atoms with Gasteiger partial charge in [-0.15, -0.1) is 0 Å². The minimum atomic E-state index is 0.633. The van der Waals surface area contributed by atoms with Crippen LogP contribution >= 0.6 is 0 Å². The van der Waals surface area contributed by atoms with Crippen molar-refractivity contribution in [1.82, 2.24) is 9.97 Å². The fourth-order valence-electron chi connectivity index (χ4n) is 1.63. The van der Waals surface area contributed by atoms with Gasteiger partial charge in [0.15, 0.2) is 0 Å². The molecule has 1 unspecified atom stereocenters. The number of nitrogen functional groups attached to an aromatic ring is 1. The highest BCUT2D eigenvalue weighted by atomic mass is 15.0. The van der Waals surface area contributed by atoms with Gasteiger partial charge < -0.3 is 11.1 Å². The first-order valence-electron chi connectivity index (χ1n) is 5.94. The molecule has 2 rings (SSSR count). The maximum absolute atomic E-state index is 5.74. The van der Waals surface area contributed by atoms with E-state index in [1.807, 2.05) is 18.2 Å². The van der Waals surface area contributed by atoms with E-state index in [1.54, 1.807) is 6.33 Å². The Morgan fingerprint density at radius 1 is 1.35 bits per heavy atom. The number of aromatic nitrogens is 2. The quantitative estimate of drug-likeness (QED) is 0.793. The second-order valence-electron chi connectivity index (χ2n) is 4.39. The monoisotopic (exact) mass is 230 g/mol. The molecule has 0 spiro atoms. The smallest absolute Gasteiger partial charge is 0.137 e. The van der Waals surface area contributed by atoms with E-state index in [9.17, 15) is 0 Å². The van der Waals surface area contributed by atoms with E-state index in [4.69, 9.17) is 5.73 Å². The lowest BCUT2D eigenvalue weighted by atomic mass is 10.1. The molecule has 17 heavy (non-hydrogen) atoms. The van der Waals surface area contributed by atoms with Gasteiger partial charge in [-0.05, 0) is 24.1 Å². The molecular formula is C13H18N4. The molecule has 1 aromatic carbocycles. The van der Waals surface area contributed by atoms with Crippen molar-refractivity contribution in [2.75, 3.05) is 17.6 Å². The zero-order valence-corrected chi connectivity index (χ0v) is 10.3. The van der Waals surface area contributed by atoms with E-state index in [1.165, 1.54) is 0 Å². The second-order valence-corrected chi connectivity index (χ2v) is 4.39.